The molecule has 2 aromatic rings. The number of anilines is 1. The molecule has 0 aliphatic carbocycles. The van der Waals surface area contributed by atoms with Crippen molar-refractivity contribution in [3.63, 3.8) is 0 Å². The third-order valence-corrected chi connectivity index (χ3v) is 1.79. The van der Waals surface area contributed by atoms with E-state index < -0.39 is 5.91 Å². The number of carbonyl (C=O) groups excluding carboxylic acids is 1. The lowest BCUT2D eigenvalue weighted by Crippen LogP contribution is -2.14. The molecule has 1 amide bonds. The van der Waals surface area contributed by atoms with Crippen molar-refractivity contribution >= 4 is 11.7 Å². The number of hydrogen-bond donors (Lipinski definition) is 2. The van der Waals surface area contributed by atoms with Gasteiger partial charge < -0.3 is 5.32 Å². The Morgan fingerprint density at radius 1 is 1.44 bits per heavy atom. The summed E-state index contributed by atoms with van der Waals surface area (Å²) in [6, 6.07) is 1.89. The Hall–Kier alpha value is -2.75. The number of nitrogens with one attached hydrogen (secondary N) is 2. The normalized spacial score (nSPS) is 9.44. The zero-order valence-corrected chi connectivity index (χ0v) is 8.01. The van der Waals surface area contributed by atoms with E-state index in [0.29, 0.717) is 0 Å². The van der Waals surface area contributed by atoms with Crippen molar-refractivity contribution in [2.24, 2.45) is 0 Å². The van der Waals surface area contributed by atoms with E-state index in [4.69, 9.17) is 5.26 Å². The van der Waals surface area contributed by atoms with Crippen molar-refractivity contribution in [1.29, 1.82) is 5.26 Å². The van der Waals surface area contributed by atoms with E-state index in [9.17, 15) is 4.79 Å². The second kappa shape index (κ2) is 4.18. The third kappa shape index (κ3) is 1.85. The smallest absolute Gasteiger partial charge is 0.277 e. The minimum atomic E-state index is -0.450. The lowest BCUT2D eigenvalue weighted by atomic mass is 10.3. The predicted molar refractivity (Wildman–Crippen MR) is 53.3 cm³/mol. The molecule has 2 heterocycles. The molecule has 0 fully saturated rings. The molecule has 2 rings (SSSR count). The molecule has 2 N–H and O–H groups in total. The number of nitriles is 1. The average Bonchev–Trinajstić information content (AvgIpc) is 2.77. The van der Waals surface area contributed by atoms with Gasteiger partial charge >= 0.3 is 0 Å². The summed E-state index contributed by atoms with van der Waals surface area (Å²) >= 11 is 0. The Balaban J connectivity index is 2.18. The van der Waals surface area contributed by atoms with E-state index in [1.807, 2.05) is 6.07 Å². The summed E-state index contributed by atoms with van der Waals surface area (Å²) in [5.41, 5.74) is 0.429. The Bertz CT molecular complexity index is 541. The van der Waals surface area contributed by atoms with Crippen LogP contribution in [0.25, 0.3) is 0 Å². The van der Waals surface area contributed by atoms with Gasteiger partial charge in [0.25, 0.3) is 5.91 Å². The largest absolute Gasteiger partial charge is 0.304 e. The number of rotatable bonds is 2. The van der Waals surface area contributed by atoms with Gasteiger partial charge in [0.05, 0.1) is 12.4 Å². The molecule has 0 aliphatic rings. The lowest BCUT2D eigenvalue weighted by Gasteiger charge is -2.00. The first kappa shape index (κ1) is 9.79. The van der Waals surface area contributed by atoms with Crippen LogP contribution in [0.3, 0.4) is 0 Å². The van der Waals surface area contributed by atoms with Gasteiger partial charge in [-0.05, 0) is 0 Å². The fraction of sp³-hybridized carbons (Fsp3) is 0. The van der Waals surface area contributed by atoms with E-state index in [1.54, 1.807) is 0 Å². The van der Waals surface area contributed by atoms with E-state index in [1.165, 1.54) is 24.8 Å². The number of hydrogen-bond acceptors (Lipinski definition) is 5. The van der Waals surface area contributed by atoms with E-state index in [0.717, 1.165) is 0 Å². The van der Waals surface area contributed by atoms with Crippen molar-refractivity contribution in [2.75, 3.05) is 5.32 Å². The number of nitrogens with zero attached hydrogens (tertiary/aromatic N) is 4. The van der Waals surface area contributed by atoms with E-state index >= 15 is 0 Å². The van der Waals surface area contributed by atoms with Crippen LogP contribution in [0.15, 0.2) is 24.8 Å². The van der Waals surface area contributed by atoms with Crippen LogP contribution in [0, 0.1) is 11.3 Å². The third-order valence-electron chi connectivity index (χ3n) is 1.79. The summed E-state index contributed by atoms with van der Waals surface area (Å²) in [6.07, 6.45) is 5.53. The maximum Gasteiger partial charge on any atom is 0.277 e. The molecule has 7 nitrogen and oxygen atoms in total. The molecule has 0 aliphatic heterocycles. The molecule has 0 saturated heterocycles. The second-order valence-corrected chi connectivity index (χ2v) is 2.82. The minimum absolute atomic E-state index is 0.168. The van der Waals surface area contributed by atoms with Gasteiger partial charge in [-0.3, -0.25) is 14.9 Å². The summed E-state index contributed by atoms with van der Waals surface area (Å²) in [5.74, 6) is -0.202. The molecule has 0 saturated carbocycles. The van der Waals surface area contributed by atoms with Gasteiger partial charge in [0.1, 0.15) is 23.1 Å². The lowest BCUT2D eigenvalue weighted by molar-refractivity contribution is 0.102. The first-order chi connectivity index (χ1) is 7.81. The Labute approximate surface area is 90.2 Å². The van der Waals surface area contributed by atoms with Gasteiger partial charge in [-0.25, -0.2) is 4.98 Å². The monoisotopic (exact) mass is 214 g/mol. The predicted octanol–water partition coefficient (Wildman–Crippen LogP) is 0.324. The first-order valence-corrected chi connectivity index (χ1v) is 4.32. The zero-order valence-electron chi connectivity index (χ0n) is 8.01. The molecule has 0 bridgehead atoms. The molecule has 0 atom stereocenters. The maximum atomic E-state index is 11.6. The van der Waals surface area contributed by atoms with Crippen molar-refractivity contribution < 1.29 is 4.79 Å². The second-order valence-electron chi connectivity index (χ2n) is 2.82. The van der Waals surface area contributed by atoms with Gasteiger partial charge in [0.2, 0.25) is 0 Å². The molecule has 0 spiro atoms. The Morgan fingerprint density at radius 3 is 3.00 bits per heavy atom. The summed E-state index contributed by atoms with van der Waals surface area (Å²) in [5, 5.41) is 17.3. The van der Waals surface area contributed by atoms with Crippen LogP contribution in [0.5, 0.6) is 0 Å². The molecular formula is C9H6N6O. The number of H-pyrrole nitrogens is 1. The van der Waals surface area contributed by atoms with Crippen molar-refractivity contribution in [2.45, 2.75) is 0 Å². The molecule has 0 aromatic carbocycles. The van der Waals surface area contributed by atoms with Gasteiger partial charge in [0.15, 0.2) is 0 Å². The SMILES string of the molecule is N#Cc1cn[nH]c1NC(=O)c1cnccn1. The summed E-state index contributed by atoms with van der Waals surface area (Å²) in [4.78, 5) is 19.2. The fourth-order valence-electron chi connectivity index (χ4n) is 1.06. The van der Waals surface area contributed by atoms with Crippen molar-refractivity contribution in [3.8, 4) is 6.07 Å². The number of aromatic nitrogens is 4. The van der Waals surface area contributed by atoms with Crippen LogP contribution in [0.4, 0.5) is 5.82 Å². The quantitative estimate of drug-likeness (QED) is 0.748. The number of amides is 1. The number of aromatic amines is 1. The maximum absolute atomic E-state index is 11.6. The van der Waals surface area contributed by atoms with Gasteiger partial charge in [0, 0.05) is 12.4 Å². The Morgan fingerprint density at radius 2 is 2.31 bits per heavy atom. The van der Waals surface area contributed by atoms with Crippen LogP contribution in [-0.2, 0) is 0 Å². The fourth-order valence-corrected chi connectivity index (χ4v) is 1.06. The van der Waals surface area contributed by atoms with E-state index in [-0.39, 0.29) is 17.1 Å². The molecule has 0 unspecified atom stereocenters. The molecule has 0 radical (unpaired) electrons. The summed E-state index contributed by atoms with van der Waals surface area (Å²) in [7, 11) is 0. The summed E-state index contributed by atoms with van der Waals surface area (Å²) in [6.45, 7) is 0. The van der Waals surface area contributed by atoms with Crippen LogP contribution in [0.2, 0.25) is 0 Å². The minimum Gasteiger partial charge on any atom is -0.304 e. The van der Waals surface area contributed by atoms with Crippen LogP contribution in [-0.4, -0.2) is 26.1 Å². The molecular weight excluding hydrogens is 208 g/mol. The van der Waals surface area contributed by atoms with Crippen molar-refractivity contribution in [3.05, 3.63) is 36.0 Å². The van der Waals surface area contributed by atoms with Gasteiger partial charge in [-0.1, -0.05) is 0 Å². The van der Waals surface area contributed by atoms with Crippen LogP contribution >= 0.6 is 0 Å². The zero-order chi connectivity index (χ0) is 11.4. The topological polar surface area (TPSA) is 107 Å². The van der Waals surface area contributed by atoms with Crippen LogP contribution in [0.1, 0.15) is 16.1 Å². The Kier molecular flexibility index (Phi) is 2.56. The molecule has 78 valence electrons. The van der Waals surface area contributed by atoms with Crippen LogP contribution < -0.4 is 5.32 Å². The highest BCUT2D eigenvalue weighted by molar-refractivity contribution is 6.02. The first-order valence-electron chi connectivity index (χ1n) is 4.32. The highest BCUT2D eigenvalue weighted by Crippen LogP contribution is 2.09. The van der Waals surface area contributed by atoms with Crippen molar-refractivity contribution in [1.82, 2.24) is 20.2 Å². The van der Waals surface area contributed by atoms with E-state index in [2.05, 4.69) is 25.5 Å². The number of carbonyl (C=O) groups is 1. The van der Waals surface area contributed by atoms with Gasteiger partial charge in [-0.15, -0.1) is 0 Å². The highest BCUT2D eigenvalue weighted by atomic mass is 16.2. The highest BCUT2D eigenvalue weighted by Gasteiger charge is 2.11. The van der Waals surface area contributed by atoms with Gasteiger partial charge in [-0.2, -0.15) is 10.4 Å². The molecule has 16 heavy (non-hydrogen) atoms. The average molecular weight is 214 g/mol. The standard InChI is InChI=1S/C9H6N6O/c10-3-6-4-13-15-8(6)14-9(16)7-5-11-1-2-12-7/h1-2,4-5H,(H2,13,14,15,16). The summed E-state index contributed by atoms with van der Waals surface area (Å²) < 4.78 is 0. The molecule has 2 aromatic heterocycles. The molecule has 7 heteroatoms.